The molecule has 0 heterocycles. The van der Waals surface area contributed by atoms with Crippen molar-refractivity contribution in [3.8, 4) is 5.75 Å². The van der Waals surface area contributed by atoms with Crippen LogP contribution >= 0.6 is 0 Å². The highest BCUT2D eigenvalue weighted by Crippen LogP contribution is 2.49. The molecule has 129 heavy (non-hydrogen) atoms. The van der Waals surface area contributed by atoms with E-state index in [2.05, 4.69) is 0 Å². The summed E-state index contributed by atoms with van der Waals surface area (Å²) in [6.07, 6.45) is 29.0. The van der Waals surface area contributed by atoms with E-state index in [-0.39, 0.29) is 81.8 Å². The molecule has 16 heteroatoms. The lowest BCUT2D eigenvalue weighted by atomic mass is 9.74. The fourth-order valence-electron chi connectivity index (χ4n) is 25.2. The zero-order valence-corrected chi connectivity index (χ0v) is 78.1. The van der Waals surface area contributed by atoms with Crippen molar-refractivity contribution < 1.29 is 77.3 Å². The van der Waals surface area contributed by atoms with Gasteiger partial charge in [0.15, 0.2) is 75.2 Å². The summed E-state index contributed by atoms with van der Waals surface area (Å²) in [7, 11) is 1.76. The second-order valence-electron chi connectivity index (χ2n) is 39.4. The molecule has 36 rings (SSSR count). The van der Waals surface area contributed by atoms with Crippen LogP contribution in [0.25, 0.3) is 0 Å². The Labute approximate surface area is 764 Å². The summed E-state index contributed by atoms with van der Waals surface area (Å²) in [5, 5.41) is 24.5. The third-order valence-corrected chi connectivity index (χ3v) is 32.0. The summed E-state index contributed by atoms with van der Waals surface area (Å²) in [6.45, 7) is 7.47. The number of aliphatic hydroxyl groups excluding tert-OH is 2. The van der Waals surface area contributed by atoms with E-state index in [0.29, 0.717) is 512 Å². The van der Waals surface area contributed by atoms with Crippen LogP contribution in [-0.4, -0.2) is 98.6 Å². The van der Waals surface area contributed by atoms with E-state index >= 15 is 43.2 Å². The summed E-state index contributed by atoms with van der Waals surface area (Å²) < 4.78 is 6.64. The number of rotatable bonds is 5. The molecule has 0 aliphatic heterocycles. The van der Waals surface area contributed by atoms with Gasteiger partial charge in [-0.15, -0.1) is 0 Å². The number of allylic oxidation sites excluding steroid dienone is 26. The molecule has 1 aromatic carbocycles. The average Bonchev–Trinajstić information content (AvgIpc) is 0.748. The van der Waals surface area contributed by atoms with Gasteiger partial charge in [0.2, 0.25) is 0 Å². The minimum Gasteiger partial charge on any atom is -0.496 e. The Bertz CT molecular complexity index is 5380. The van der Waals surface area contributed by atoms with E-state index in [1.807, 2.05) is 20.8 Å². The molecule has 0 aromatic heterocycles. The highest BCUT2D eigenvalue weighted by atomic mass is 16.5. The first-order valence-electron chi connectivity index (χ1n) is 50.9. The molecule has 1 atom stereocenters. The molecular weight excluding hydrogens is 1610 g/mol. The van der Waals surface area contributed by atoms with E-state index < -0.39 is 6.10 Å². The Hall–Kier alpha value is -8.99. The molecule has 0 radical (unpaired) electrons. The Kier molecular flexibility index (Phi) is 31.7. The lowest BCUT2D eigenvalue weighted by Crippen LogP contribution is -2.28. The van der Waals surface area contributed by atoms with E-state index in [9.17, 15) is 29.4 Å². The van der Waals surface area contributed by atoms with Crippen LogP contribution in [0.3, 0.4) is 0 Å². The van der Waals surface area contributed by atoms with Crippen LogP contribution < -0.4 is 4.74 Å². The summed E-state index contributed by atoms with van der Waals surface area (Å²) in [4.78, 5) is 194. The average molecular weight is 1750 g/mol. The largest absolute Gasteiger partial charge is 0.496 e. The highest BCUT2D eigenvalue weighted by molar-refractivity contribution is 6.30. The lowest BCUT2D eigenvalue weighted by molar-refractivity contribution is -0.117. The molecule has 35 aliphatic carbocycles. The molecule has 686 valence electrons. The second kappa shape index (κ2) is 43.1. The molecule has 2 N–H and O–H groups in total. The molecule has 28 bridgehead atoms. The maximum absolute atomic E-state index is 15.6. The van der Waals surface area contributed by atoms with Crippen LogP contribution in [0, 0.1) is 0 Å². The van der Waals surface area contributed by atoms with Gasteiger partial charge < -0.3 is 14.9 Å². The van der Waals surface area contributed by atoms with Crippen LogP contribution in [0.2, 0.25) is 0 Å². The number of carbonyl (C=O) groups is 13. The van der Waals surface area contributed by atoms with Crippen molar-refractivity contribution in [2.24, 2.45) is 0 Å². The molecule has 1 aromatic rings. The Balaban J connectivity index is 0.668. The maximum Gasteiger partial charge on any atom is 0.185 e. The van der Waals surface area contributed by atoms with Gasteiger partial charge in [-0.25, -0.2) is 0 Å². The summed E-state index contributed by atoms with van der Waals surface area (Å²) in [5.41, 5.74) is 22.0. The van der Waals surface area contributed by atoms with Gasteiger partial charge in [-0.2, -0.15) is 0 Å². The molecule has 0 saturated heterocycles. The second-order valence-corrected chi connectivity index (χ2v) is 39.4. The van der Waals surface area contributed by atoms with Crippen molar-refractivity contribution in [3.63, 3.8) is 0 Å². The number of ketones is 13. The first kappa shape index (κ1) is 94.6. The predicted octanol–water partition coefficient (Wildman–Crippen LogP) is 23.0. The van der Waals surface area contributed by atoms with Gasteiger partial charge in [-0.1, -0.05) is 20.8 Å². The minimum atomic E-state index is -0.878. The Morgan fingerprint density at radius 1 is 0.217 bits per heavy atom. The first-order valence-corrected chi connectivity index (χ1v) is 50.9. The van der Waals surface area contributed by atoms with Gasteiger partial charge in [0.05, 0.1) is 19.8 Å². The van der Waals surface area contributed by atoms with Crippen LogP contribution in [0.4, 0.5) is 0 Å². The van der Waals surface area contributed by atoms with Gasteiger partial charge in [-0.05, 0) is 425 Å². The van der Waals surface area contributed by atoms with Crippen molar-refractivity contribution in [2.45, 2.75) is 419 Å². The zero-order valence-electron chi connectivity index (χ0n) is 78.1. The number of hydrogen-bond donors (Lipinski definition) is 2. The minimum absolute atomic E-state index is 0.0144. The molecule has 16 nitrogen and oxygen atoms in total. The highest BCUT2D eigenvalue weighted by Gasteiger charge is 2.43. The van der Waals surface area contributed by atoms with Crippen LogP contribution in [0.15, 0.2) is 156 Å². The number of hydrogen-bond acceptors (Lipinski definition) is 16. The van der Waals surface area contributed by atoms with Crippen LogP contribution in [0.1, 0.15) is 409 Å². The third-order valence-electron chi connectivity index (χ3n) is 32.0. The standard InChI is InChI=1S/C113H138O16/c1-6-67-73-40-15-18-46-79-84-51-25-26-54-87-90-57-29-28-56-89-86-53-24-22-50-83-78-45-14-11-39-72-96-63-35-33-61-94-81-48-20-17-42-75-69(8-3)101(117)74(68(7-2)102(75)118)41-16-19-47-80(111(94)127)77(104(81)120)44-13-10-38-71(98(72)65-114)97(113(96)129-5)64-36-34-62-95(112(83)128)93(105(78)121)60-32-31-59-92(110(89)126)91(108(86)124)58-30-27-55-88(109(87)125)85(107(90)123)52-23-21-49-82(106(79)122)76(103(84)119)43-12-9-37-70(100(67)116)66(4)99(73)115/h111,114,127H,6-65H2,1-5H3. The molecular formula is C113H138O16. The molecule has 0 saturated carbocycles. The van der Waals surface area contributed by atoms with E-state index in [4.69, 9.17) is 4.74 Å². The Morgan fingerprint density at radius 3 is 0.605 bits per heavy atom. The number of aliphatic hydroxyl groups is 2. The number of carbonyl (C=O) groups excluding carboxylic acids is 13. The smallest absolute Gasteiger partial charge is 0.185 e. The van der Waals surface area contributed by atoms with E-state index in [1.165, 1.54) is 0 Å². The lowest BCUT2D eigenvalue weighted by Gasteiger charge is -2.31. The predicted molar refractivity (Wildman–Crippen MR) is 500 cm³/mol. The molecule has 0 fully saturated rings. The van der Waals surface area contributed by atoms with Crippen LogP contribution in [-0.2, 0) is 94.6 Å². The van der Waals surface area contributed by atoms with Gasteiger partial charge in [0.25, 0.3) is 0 Å². The van der Waals surface area contributed by atoms with Crippen LogP contribution in [0.5, 0.6) is 5.75 Å². The molecule has 0 amide bonds. The molecule has 1 unspecified atom stereocenters. The van der Waals surface area contributed by atoms with Gasteiger partial charge in [0.1, 0.15) is 5.75 Å². The zero-order chi connectivity index (χ0) is 90.8. The number of benzene rings is 1. The third kappa shape index (κ3) is 19.2. The number of Topliss-reactive ketones (excluding diaryl/α,β-unsaturated/α-hetero) is 13. The van der Waals surface area contributed by atoms with Crippen molar-refractivity contribution in [2.75, 3.05) is 7.11 Å². The number of methoxy groups -OCH3 is 1. The number of ether oxygens (including phenoxy) is 1. The summed E-state index contributed by atoms with van der Waals surface area (Å²) in [5.74, 6) is 0.332. The fourth-order valence-corrected chi connectivity index (χ4v) is 25.2. The monoisotopic (exact) mass is 1750 g/mol. The van der Waals surface area contributed by atoms with Gasteiger partial charge in [0, 0.05) is 145 Å². The van der Waals surface area contributed by atoms with Crippen molar-refractivity contribution in [3.05, 3.63) is 184 Å². The SMILES string of the molecule is CCC1=C2CCCCC3=C4CCCCC5=C6CCCCC7=C8CCCCC9=C%10CCCCc%11c(CO)c%12c(c(OC)c%11CCCCC%11=C%13CCCCC%14=C(CC)C(=O)C(=C(CC)C%14=O)CCCCC(=C(CCCC%12)C%13=O)C%11O)CCCCC(=C(CCCCC(=C(CCCCC(=C(CCCCC(=C(CCCCC(=C(C)C2=O)C1=O)C4=O)C3=O)C6=O)C5=O)C8=O)C7=O)C%10=O)C9=O. The van der Waals surface area contributed by atoms with Crippen molar-refractivity contribution in [1.82, 2.24) is 0 Å². The molecule has 0 spiro atoms. The van der Waals surface area contributed by atoms with Crippen molar-refractivity contribution in [1.29, 1.82) is 0 Å². The van der Waals surface area contributed by atoms with E-state index in [0.717, 1.165) is 56.7 Å². The quantitative estimate of drug-likeness (QED) is 0.259. The summed E-state index contributed by atoms with van der Waals surface area (Å²) >= 11 is 0. The first-order chi connectivity index (χ1) is 62.7. The Morgan fingerprint density at radius 2 is 0.388 bits per heavy atom. The van der Waals surface area contributed by atoms with Gasteiger partial charge >= 0.3 is 0 Å². The summed E-state index contributed by atoms with van der Waals surface area (Å²) in [6, 6.07) is 0. The normalized spacial score (nSPS) is 24.3. The fraction of sp³-hybridized carbons (Fsp3) is 0.584. The maximum atomic E-state index is 15.6. The van der Waals surface area contributed by atoms with Gasteiger partial charge in [-0.3, -0.25) is 62.3 Å². The van der Waals surface area contributed by atoms with E-state index in [1.54, 1.807) is 14.0 Å². The molecule has 35 aliphatic rings. The van der Waals surface area contributed by atoms with Crippen molar-refractivity contribution >= 4 is 75.2 Å². The topological polar surface area (TPSA) is 272 Å².